The molecule has 0 radical (unpaired) electrons. The molecule has 1 nitrogen and oxygen atoms in total. The minimum absolute atomic E-state index is 0.184. The summed E-state index contributed by atoms with van der Waals surface area (Å²) in [5, 5.41) is 3.62. The maximum atomic E-state index is 3.62. The Balaban J connectivity index is 2.71. The van der Waals surface area contributed by atoms with Gasteiger partial charge < -0.3 is 5.32 Å². The summed E-state index contributed by atoms with van der Waals surface area (Å²) in [6.45, 7) is 7.71. The second-order valence-electron chi connectivity index (χ2n) is 5.66. The van der Waals surface area contributed by atoms with Gasteiger partial charge >= 0.3 is 0 Å². The van der Waals surface area contributed by atoms with Crippen LogP contribution in [0.1, 0.15) is 38.7 Å². The Labute approximate surface area is 124 Å². The molecule has 3 heteroatoms. The van der Waals surface area contributed by atoms with E-state index in [2.05, 4.69) is 72.5 Å². The maximum absolute atomic E-state index is 3.62. The van der Waals surface area contributed by atoms with Gasteiger partial charge in [0.05, 0.1) is 0 Å². The summed E-state index contributed by atoms with van der Waals surface area (Å²) in [6.07, 6.45) is 3.40. The molecule has 1 N–H and O–H groups in total. The van der Waals surface area contributed by atoms with Crippen molar-refractivity contribution in [2.75, 3.05) is 18.6 Å². The Bertz CT molecular complexity index is 360. The Morgan fingerprint density at radius 1 is 1.33 bits per heavy atom. The molecule has 1 rings (SSSR count). The van der Waals surface area contributed by atoms with Crippen LogP contribution in [0, 0.1) is 0 Å². The van der Waals surface area contributed by atoms with Crippen LogP contribution in [0.5, 0.6) is 0 Å². The van der Waals surface area contributed by atoms with Gasteiger partial charge in [0, 0.05) is 16.6 Å². The van der Waals surface area contributed by atoms with Crippen molar-refractivity contribution in [3.63, 3.8) is 0 Å². The zero-order chi connectivity index (χ0) is 13.6. The first kappa shape index (κ1) is 16.1. The lowest BCUT2D eigenvalue weighted by Crippen LogP contribution is -2.38. The molecular formula is C15H24BrNS. The van der Waals surface area contributed by atoms with E-state index in [-0.39, 0.29) is 5.54 Å². The zero-order valence-electron chi connectivity index (χ0n) is 11.8. The quantitative estimate of drug-likeness (QED) is 0.813. The third-order valence-electron chi connectivity index (χ3n) is 2.87. The van der Waals surface area contributed by atoms with Gasteiger partial charge in [-0.2, -0.15) is 11.8 Å². The fourth-order valence-corrected chi connectivity index (χ4v) is 2.77. The molecule has 1 aromatic carbocycles. The summed E-state index contributed by atoms with van der Waals surface area (Å²) in [5.74, 6) is 1.80. The molecule has 1 aromatic rings. The van der Waals surface area contributed by atoms with Gasteiger partial charge in [0.2, 0.25) is 0 Å². The van der Waals surface area contributed by atoms with E-state index >= 15 is 0 Å². The first-order valence-electron chi connectivity index (χ1n) is 6.42. The highest BCUT2D eigenvalue weighted by atomic mass is 79.9. The number of nitrogens with one attached hydrogen (secondary N) is 1. The highest BCUT2D eigenvalue weighted by Gasteiger charge is 2.15. The van der Waals surface area contributed by atoms with Crippen molar-refractivity contribution in [3.05, 3.63) is 34.3 Å². The summed E-state index contributed by atoms with van der Waals surface area (Å²) >= 11 is 5.49. The van der Waals surface area contributed by atoms with Crippen LogP contribution < -0.4 is 5.32 Å². The molecule has 0 saturated heterocycles. The summed E-state index contributed by atoms with van der Waals surface area (Å²) in [7, 11) is 0. The second-order valence-corrected chi connectivity index (χ2v) is 7.57. The fraction of sp³-hybridized carbons (Fsp3) is 0.600. The minimum Gasteiger partial charge on any atom is -0.311 e. The van der Waals surface area contributed by atoms with E-state index < -0.39 is 0 Å². The molecule has 0 spiro atoms. The molecule has 0 aliphatic heterocycles. The third kappa shape index (κ3) is 6.26. The zero-order valence-corrected chi connectivity index (χ0v) is 14.2. The van der Waals surface area contributed by atoms with E-state index in [0.717, 1.165) is 6.54 Å². The molecule has 0 fully saturated rings. The van der Waals surface area contributed by atoms with Crippen LogP contribution >= 0.6 is 27.7 Å². The second kappa shape index (κ2) is 7.56. The van der Waals surface area contributed by atoms with Gasteiger partial charge in [-0.15, -0.1) is 0 Å². The van der Waals surface area contributed by atoms with E-state index in [1.54, 1.807) is 0 Å². The molecule has 1 unspecified atom stereocenters. The molecule has 0 aliphatic carbocycles. The molecular weight excluding hydrogens is 306 g/mol. The van der Waals surface area contributed by atoms with Gasteiger partial charge in [0.15, 0.2) is 0 Å². The fourth-order valence-electron chi connectivity index (χ4n) is 1.84. The van der Waals surface area contributed by atoms with Crippen LogP contribution in [0.3, 0.4) is 0 Å². The van der Waals surface area contributed by atoms with Crippen molar-refractivity contribution in [2.24, 2.45) is 0 Å². The Morgan fingerprint density at radius 2 is 2.06 bits per heavy atom. The largest absolute Gasteiger partial charge is 0.311 e. The van der Waals surface area contributed by atoms with Crippen LogP contribution in [-0.4, -0.2) is 24.1 Å². The van der Waals surface area contributed by atoms with Crippen LogP contribution in [0.4, 0.5) is 0 Å². The minimum atomic E-state index is 0.184. The lowest BCUT2D eigenvalue weighted by Gasteiger charge is -2.25. The Hall–Kier alpha value is 0.01000. The topological polar surface area (TPSA) is 12.0 Å². The number of halogens is 1. The van der Waals surface area contributed by atoms with E-state index in [9.17, 15) is 0 Å². The number of hydrogen-bond acceptors (Lipinski definition) is 2. The van der Waals surface area contributed by atoms with Crippen molar-refractivity contribution >= 4 is 27.7 Å². The average Bonchev–Trinajstić information content (AvgIpc) is 2.28. The molecule has 0 aliphatic rings. The van der Waals surface area contributed by atoms with Gasteiger partial charge in [0.25, 0.3) is 0 Å². The van der Waals surface area contributed by atoms with Crippen molar-refractivity contribution in [2.45, 2.75) is 38.6 Å². The van der Waals surface area contributed by atoms with Crippen molar-refractivity contribution in [1.29, 1.82) is 0 Å². The molecule has 0 aromatic heterocycles. The highest BCUT2D eigenvalue weighted by Crippen LogP contribution is 2.24. The predicted molar refractivity (Wildman–Crippen MR) is 87.6 cm³/mol. The molecule has 102 valence electrons. The predicted octanol–water partition coefficient (Wildman–Crippen LogP) is 4.67. The molecule has 0 heterocycles. The maximum Gasteiger partial charge on any atom is 0.0178 e. The van der Waals surface area contributed by atoms with Crippen LogP contribution in [0.2, 0.25) is 0 Å². The SMILES string of the molecule is CSCCC(CNC(C)(C)C)c1cccc(Br)c1. The number of benzene rings is 1. The number of thioether (sulfide) groups is 1. The normalized spacial score (nSPS) is 13.6. The van der Waals surface area contributed by atoms with E-state index in [0.29, 0.717) is 5.92 Å². The van der Waals surface area contributed by atoms with Gasteiger partial charge in [-0.05, 0) is 62.8 Å². The molecule has 0 amide bonds. The molecule has 0 bridgehead atoms. The van der Waals surface area contributed by atoms with Crippen molar-refractivity contribution < 1.29 is 0 Å². The smallest absolute Gasteiger partial charge is 0.0178 e. The lowest BCUT2D eigenvalue weighted by molar-refractivity contribution is 0.403. The van der Waals surface area contributed by atoms with Gasteiger partial charge in [-0.1, -0.05) is 28.1 Å². The first-order chi connectivity index (χ1) is 8.42. The average molecular weight is 330 g/mol. The van der Waals surface area contributed by atoms with E-state index in [1.807, 2.05) is 11.8 Å². The molecule has 0 saturated carbocycles. The monoisotopic (exact) mass is 329 g/mol. The van der Waals surface area contributed by atoms with Crippen LogP contribution in [0.25, 0.3) is 0 Å². The summed E-state index contributed by atoms with van der Waals surface area (Å²) in [6, 6.07) is 8.70. The first-order valence-corrected chi connectivity index (χ1v) is 8.60. The van der Waals surface area contributed by atoms with Crippen molar-refractivity contribution in [1.82, 2.24) is 5.32 Å². The lowest BCUT2D eigenvalue weighted by atomic mass is 9.95. The molecule has 1 atom stereocenters. The van der Waals surface area contributed by atoms with Gasteiger partial charge in [0.1, 0.15) is 0 Å². The van der Waals surface area contributed by atoms with Gasteiger partial charge in [-0.3, -0.25) is 0 Å². The number of hydrogen-bond donors (Lipinski definition) is 1. The molecule has 18 heavy (non-hydrogen) atoms. The summed E-state index contributed by atoms with van der Waals surface area (Å²) in [4.78, 5) is 0. The Kier molecular flexibility index (Phi) is 6.75. The van der Waals surface area contributed by atoms with Crippen LogP contribution in [-0.2, 0) is 0 Å². The number of rotatable bonds is 6. The summed E-state index contributed by atoms with van der Waals surface area (Å²) in [5.41, 5.74) is 1.61. The van der Waals surface area contributed by atoms with Crippen LogP contribution in [0.15, 0.2) is 28.7 Å². The third-order valence-corrected chi connectivity index (χ3v) is 4.01. The Morgan fingerprint density at radius 3 is 2.61 bits per heavy atom. The summed E-state index contributed by atoms with van der Waals surface area (Å²) < 4.78 is 1.17. The highest BCUT2D eigenvalue weighted by molar-refractivity contribution is 9.10. The van der Waals surface area contributed by atoms with E-state index in [4.69, 9.17) is 0 Å². The van der Waals surface area contributed by atoms with Gasteiger partial charge in [-0.25, -0.2) is 0 Å². The van der Waals surface area contributed by atoms with Crippen molar-refractivity contribution in [3.8, 4) is 0 Å². The standard InChI is InChI=1S/C15H24BrNS/c1-15(2,3)17-11-13(8-9-18-4)12-6-5-7-14(16)10-12/h5-7,10,13,17H,8-9,11H2,1-4H3. The van der Waals surface area contributed by atoms with E-state index in [1.165, 1.54) is 22.2 Å².